The van der Waals surface area contributed by atoms with Crippen LogP contribution in [0.4, 0.5) is 5.69 Å². The predicted octanol–water partition coefficient (Wildman–Crippen LogP) is 10.9. The average molecular weight is 700 g/mol. The molecule has 1 heterocycles. The van der Waals surface area contributed by atoms with E-state index in [-0.39, 0.29) is 6.04 Å². The third-order valence-electron chi connectivity index (χ3n) is 8.53. The van der Waals surface area contributed by atoms with E-state index in [9.17, 15) is 0 Å². The van der Waals surface area contributed by atoms with Crippen LogP contribution in [0.1, 0.15) is 37.0 Å². The number of aryl methyl sites for hydroxylation is 1. The number of hydrogen-bond acceptors (Lipinski definition) is 5. The van der Waals surface area contributed by atoms with Crippen LogP contribution >= 0.6 is 0 Å². The third kappa shape index (κ3) is 13.2. The van der Waals surface area contributed by atoms with E-state index in [1.807, 2.05) is 79.8 Å². The molecule has 1 aliphatic rings. The molecule has 8 N–H and O–H groups in total. The van der Waals surface area contributed by atoms with Gasteiger partial charge in [0.15, 0.2) is 0 Å². The van der Waals surface area contributed by atoms with E-state index in [1.165, 1.54) is 22.7 Å². The lowest BCUT2D eigenvalue weighted by atomic mass is 9.98. The Hall–Kier alpha value is -6.59. The molecule has 5 heteroatoms. The van der Waals surface area contributed by atoms with Crippen molar-refractivity contribution in [3.05, 3.63) is 222 Å². The summed E-state index contributed by atoms with van der Waals surface area (Å²) in [5.74, 6) is 0. The zero-order valence-corrected chi connectivity index (χ0v) is 31.2. The highest BCUT2D eigenvalue weighted by Gasteiger charge is 2.13. The van der Waals surface area contributed by atoms with Gasteiger partial charge >= 0.3 is 0 Å². The van der Waals surface area contributed by atoms with Crippen molar-refractivity contribution in [3.63, 3.8) is 0 Å². The van der Waals surface area contributed by atoms with Crippen molar-refractivity contribution in [2.24, 2.45) is 11.5 Å². The quantitative estimate of drug-likeness (QED) is 0.0654. The molecular formula is C48H53N5. The molecule has 270 valence electrons. The Kier molecular flexibility index (Phi) is 16.6. The molecule has 5 nitrogen and oxygen atoms in total. The highest BCUT2D eigenvalue weighted by atomic mass is 14.9. The molecule has 0 fully saturated rings. The molecule has 0 saturated carbocycles. The van der Waals surface area contributed by atoms with Crippen molar-refractivity contribution >= 4 is 34.4 Å². The third-order valence-corrected chi connectivity index (χ3v) is 8.53. The molecule has 0 bridgehead atoms. The van der Waals surface area contributed by atoms with Gasteiger partial charge in [-0.25, -0.2) is 0 Å². The number of nitrogen functional groups attached to an aromatic ring is 1. The van der Waals surface area contributed by atoms with E-state index in [0.717, 1.165) is 51.0 Å². The van der Waals surface area contributed by atoms with Crippen LogP contribution in [0.15, 0.2) is 205 Å². The van der Waals surface area contributed by atoms with Gasteiger partial charge < -0.3 is 27.9 Å². The number of benzene rings is 3. The van der Waals surface area contributed by atoms with Crippen LogP contribution in [0.3, 0.4) is 0 Å². The summed E-state index contributed by atoms with van der Waals surface area (Å²) in [4.78, 5) is 0. The average Bonchev–Trinajstić information content (AvgIpc) is 3.18. The molecule has 0 aliphatic carbocycles. The number of nitrogens with two attached hydrogens (primary N) is 3. The Morgan fingerprint density at radius 1 is 0.887 bits per heavy atom. The molecule has 3 aromatic rings. The summed E-state index contributed by atoms with van der Waals surface area (Å²) in [6.45, 7) is 18.5. The molecular weight excluding hydrogens is 647 g/mol. The number of anilines is 1. The van der Waals surface area contributed by atoms with Gasteiger partial charge in [0, 0.05) is 28.7 Å². The number of hydrogen-bond donors (Lipinski definition) is 5. The normalized spacial score (nSPS) is 15.3. The van der Waals surface area contributed by atoms with Crippen LogP contribution in [-0.4, -0.2) is 12.3 Å². The zero-order chi connectivity index (χ0) is 38.6. The van der Waals surface area contributed by atoms with E-state index >= 15 is 0 Å². The Bertz CT molecular complexity index is 2100. The highest BCUT2D eigenvalue weighted by molar-refractivity contribution is 5.92. The number of fused-ring (bicyclic) bond motifs is 1. The predicted molar refractivity (Wildman–Crippen MR) is 234 cm³/mol. The lowest BCUT2D eigenvalue weighted by molar-refractivity contribution is 0.802. The highest BCUT2D eigenvalue weighted by Crippen LogP contribution is 2.24. The SMILES string of the molecule is C=C(/C=C\C(=C/C)C/C=C\C=C(/N)C(=C)/C=C\C=N)C(=C)/C=C\c1cc(C2=CC=CC(/C(C)=C/C=C\N)N2)ccc1C.Nc1cccc2ccccc12. The topological polar surface area (TPSA) is 114 Å². The van der Waals surface area contributed by atoms with Gasteiger partial charge in [-0.3, -0.25) is 0 Å². The summed E-state index contributed by atoms with van der Waals surface area (Å²) in [5.41, 5.74) is 27.9. The fourth-order valence-corrected chi connectivity index (χ4v) is 5.16. The first-order valence-corrected chi connectivity index (χ1v) is 17.5. The molecule has 0 saturated heterocycles. The van der Waals surface area contributed by atoms with Gasteiger partial charge in [-0.05, 0) is 120 Å². The van der Waals surface area contributed by atoms with E-state index in [2.05, 4.69) is 106 Å². The van der Waals surface area contributed by atoms with Crippen molar-refractivity contribution in [3.8, 4) is 0 Å². The first-order chi connectivity index (χ1) is 25.6. The van der Waals surface area contributed by atoms with Gasteiger partial charge in [0.25, 0.3) is 0 Å². The summed E-state index contributed by atoms with van der Waals surface area (Å²) in [6.07, 6.45) is 33.0. The number of dihydropyridines is 1. The summed E-state index contributed by atoms with van der Waals surface area (Å²) >= 11 is 0. The molecule has 1 aliphatic heterocycles. The molecule has 0 radical (unpaired) electrons. The van der Waals surface area contributed by atoms with Crippen molar-refractivity contribution in [2.45, 2.75) is 33.2 Å². The van der Waals surface area contributed by atoms with Crippen LogP contribution in [0.5, 0.6) is 0 Å². The first kappa shape index (κ1) is 40.8. The minimum absolute atomic E-state index is 0.115. The van der Waals surface area contributed by atoms with Crippen molar-refractivity contribution < 1.29 is 0 Å². The largest absolute Gasteiger partial charge is 0.405 e. The van der Waals surface area contributed by atoms with Gasteiger partial charge in [0.2, 0.25) is 0 Å². The lowest BCUT2D eigenvalue weighted by Gasteiger charge is -2.23. The van der Waals surface area contributed by atoms with E-state index < -0.39 is 0 Å². The minimum Gasteiger partial charge on any atom is -0.405 e. The molecule has 53 heavy (non-hydrogen) atoms. The van der Waals surface area contributed by atoms with Crippen LogP contribution in [0.2, 0.25) is 0 Å². The molecule has 1 atom stereocenters. The van der Waals surface area contributed by atoms with Gasteiger partial charge in [-0.15, -0.1) is 0 Å². The van der Waals surface area contributed by atoms with E-state index in [4.69, 9.17) is 22.6 Å². The van der Waals surface area contributed by atoms with Crippen molar-refractivity contribution in [1.29, 1.82) is 5.41 Å². The second kappa shape index (κ2) is 21.6. The number of nitrogens with one attached hydrogen (secondary N) is 2. The Balaban J connectivity index is 0.000000577. The minimum atomic E-state index is 0.115. The monoisotopic (exact) mass is 699 g/mol. The fourth-order valence-electron chi connectivity index (χ4n) is 5.16. The molecule has 0 aromatic heterocycles. The maximum absolute atomic E-state index is 7.05. The lowest BCUT2D eigenvalue weighted by Crippen LogP contribution is -2.28. The Morgan fingerprint density at radius 2 is 1.64 bits per heavy atom. The van der Waals surface area contributed by atoms with Crippen molar-refractivity contribution in [1.82, 2.24) is 5.32 Å². The van der Waals surface area contributed by atoms with Crippen LogP contribution in [0, 0.1) is 12.3 Å². The summed E-state index contributed by atoms with van der Waals surface area (Å²) in [7, 11) is 0. The van der Waals surface area contributed by atoms with Gasteiger partial charge in [-0.1, -0.05) is 135 Å². The molecule has 1 unspecified atom stereocenters. The molecule has 4 rings (SSSR count). The van der Waals surface area contributed by atoms with Gasteiger partial charge in [-0.2, -0.15) is 0 Å². The zero-order valence-electron chi connectivity index (χ0n) is 31.2. The summed E-state index contributed by atoms with van der Waals surface area (Å²) in [6, 6.07) is 20.6. The van der Waals surface area contributed by atoms with Crippen LogP contribution < -0.4 is 22.5 Å². The summed E-state index contributed by atoms with van der Waals surface area (Å²) < 4.78 is 0. The fraction of sp³-hybridized carbons (Fsp3) is 0.104. The number of rotatable bonds is 14. The Morgan fingerprint density at radius 3 is 2.38 bits per heavy atom. The molecule has 0 spiro atoms. The van der Waals surface area contributed by atoms with E-state index in [0.29, 0.717) is 11.3 Å². The second-order valence-corrected chi connectivity index (χ2v) is 12.4. The standard InChI is InChI=1S/C38H44N4.C10H9N/c1-7-33(15-8-9-16-36(41)31(5)13-11-25-39)22-19-28(2)29(3)20-23-34-27-35(24-21-30(34)4)38-18-10-17-37(42-38)32(6)14-12-26-40;11-10-7-3-5-8-4-1-2-6-9(8)10/h7-14,16-27,37,39,42H,2-3,5,15,40-41H2,1,4,6H3;1-7H,11H2/b9-8-,13-11-,22-19-,23-20-,26-12-,32-14+,33-7-,36-16-,39-25?;. The molecule has 0 amide bonds. The first-order valence-electron chi connectivity index (χ1n) is 17.5. The van der Waals surface area contributed by atoms with Gasteiger partial charge in [0.1, 0.15) is 0 Å². The van der Waals surface area contributed by atoms with Crippen LogP contribution in [-0.2, 0) is 0 Å². The van der Waals surface area contributed by atoms with Crippen molar-refractivity contribution in [2.75, 3.05) is 5.73 Å². The smallest absolute Gasteiger partial charge is 0.0661 e. The van der Waals surface area contributed by atoms with E-state index in [1.54, 1.807) is 18.4 Å². The Labute approximate surface area is 316 Å². The number of allylic oxidation sites excluding steroid dienone is 16. The maximum atomic E-state index is 7.05. The van der Waals surface area contributed by atoms with Crippen LogP contribution in [0.25, 0.3) is 22.5 Å². The second-order valence-electron chi connectivity index (χ2n) is 12.4. The van der Waals surface area contributed by atoms with Gasteiger partial charge in [0.05, 0.1) is 6.04 Å². The maximum Gasteiger partial charge on any atom is 0.0661 e. The summed E-state index contributed by atoms with van der Waals surface area (Å²) in [5, 5.41) is 13.0. The molecule has 3 aromatic carbocycles.